The Labute approximate surface area is 120 Å². The Bertz CT molecular complexity index is 740. The van der Waals surface area contributed by atoms with Gasteiger partial charge >= 0.3 is 6.08 Å². The monoisotopic (exact) mass is 288 g/mol. The van der Waals surface area contributed by atoms with E-state index in [-0.39, 0.29) is 6.04 Å². The molecule has 0 saturated heterocycles. The highest BCUT2D eigenvalue weighted by Crippen LogP contribution is 2.31. The number of benzene rings is 1. The van der Waals surface area contributed by atoms with E-state index >= 15 is 0 Å². The van der Waals surface area contributed by atoms with Crippen LogP contribution in [0.15, 0.2) is 46.6 Å². The molecule has 0 bridgehead atoms. The summed E-state index contributed by atoms with van der Waals surface area (Å²) in [7, 11) is 0. The average molecular weight is 288 g/mol. The molecular weight excluding hydrogens is 275 g/mol. The summed E-state index contributed by atoms with van der Waals surface area (Å²) in [6.07, 6.45) is 0.955. The molecule has 2 aromatic heterocycles. The second-order valence-corrected chi connectivity index (χ2v) is 5.69. The van der Waals surface area contributed by atoms with Crippen molar-refractivity contribution < 1.29 is 4.39 Å². The summed E-state index contributed by atoms with van der Waals surface area (Å²) in [5.74, 6) is 0. The van der Waals surface area contributed by atoms with Crippen molar-refractivity contribution in [3.63, 3.8) is 0 Å². The van der Waals surface area contributed by atoms with Gasteiger partial charge in [0.15, 0.2) is 5.65 Å². The first-order valence-electron chi connectivity index (χ1n) is 6.28. The van der Waals surface area contributed by atoms with Gasteiger partial charge in [-0.2, -0.15) is 14.4 Å². The Kier molecular flexibility index (Phi) is 3.40. The third kappa shape index (κ3) is 2.38. The zero-order chi connectivity index (χ0) is 14.1. The number of hydrogen-bond acceptors (Lipinski definition) is 4. The SMILES string of the molecule is CC(C)n1cnc2c(Sc3ccccc3)nc(F)nc21. The van der Waals surface area contributed by atoms with E-state index in [1.165, 1.54) is 11.8 Å². The lowest BCUT2D eigenvalue weighted by molar-refractivity contribution is 0.527. The van der Waals surface area contributed by atoms with Crippen molar-refractivity contribution >= 4 is 22.9 Å². The van der Waals surface area contributed by atoms with Gasteiger partial charge in [0.1, 0.15) is 10.5 Å². The molecular formula is C14H13FN4S. The number of halogens is 1. The Morgan fingerprint density at radius 2 is 1.90 bits per heavy atom. The van der Waals surface area contributed by atoms with Crippen molar-refractivity contribution in [2.75, 3.05) is 0 Å². The Balaban J connectivity index is 2.11. The largest absolute Gasteiger partial charge is 0.313 e. The van der Waals surface area contributed by atoms with Gasteiger partial charge in [-0.15, -0.1) is 0 Å². The van der Waals surface area contributed by atoms with Crippen molar-refractivity contribution in [1.29, 1.82) is 0 Å². The van der Waals surface area contributed by atoms with Gasteiger partial charge in [0.05, 0.1) is 6.33 Å². The van der Waals surface area contributed by atoms with Gasteiger partial charge in [0, 0.05) is 10.9 Å². The molecule has 2 heterocycles. The van der Waals surface area contributed by atoms with Crippen molar-refractivity contribution in [3.8, 4) is 0 Å². The molecule has 20 heavy (non-hydrogen) atoms. The Morgan fingerprint density at radius 1 is 1.15 bits per heavy atom. The van der Waals surface area contributed by atoms with Crippen LogP contribution in [0.3, 0.4) is 0 Å². The molecule has 4 nitrogen and oxygen atoms in total. The summed E-state index contributed by atoms with van der Waals surface area (Å²) in [5, 5.41) is 0.540. The third-order valence-electron chi connectivity index (χ3n) is 2.88. The molecule has 1 aromatic carbocycles. The molecule has 0 fully saturated rings. The molecule has 0 atom stereocenters. The van der Waals surface area contributed by atoms with E-state index in [1.54, 1.807) is 6.33 Å². The van der Waals surface area contributed by atoms with E-state index in [0.29, 0.717) is 16.2 Å². The van der Waals surface area contributed by atoms with Gasteiger partial charge in [0.2, 0.25) is 0 Å². The molecule has 0 spiro atoms. The predicted molar refractivity (Wildman–Crippen MR) is 76.2 cm³/mol. The maximum absolute atomic E-state index is 13.6. The van der Waals surface area contributed by atoms with E-state index < -0.39 is 6.08 Å². The van der Waals surface area contributed by atoms with Gasteiger partial charge < -0.3 is 4.57 Å². The van der Waals surface area contributed by atoms with E-state index in [1.807, 2.05) is 48.7 Å². The number of hydrogen-bond donors (Lipinski definition) is 0. The van der Waals surface area contributed by atoms with Gasteiger partial charge in [-0.05, 0) is 26.0 Å². The second kappa shape index (κ2) is 5.20. The van der Waals surface area contributed by atoms with Crippen LogP contribution >= 0.6 is 11.8 Å². The zero-order valence-corrected chi connectivity index (χ0v) is 11.9. The number of rotatable bonds is 3. The van der Waals surface area contributed by atoms with Crippen molar-refractivity contribution in [3.05, 3.63) is 42.7 Å². The highest BCUT2D eigenvalue weighted by molar-refractivity contribution is 7.99. The standard InChI is InChI=1S/C14H13FN4S/c1-9(2)19-8-16-11-12(19)17-14(15)18-13(11)20-10-6-4-3-5-7-10/h3-9H,1-2H3. The number of imidazole rings is 1. The van der Waals surface area contributed by atoms with Crippen LogP contribution in [0.1, 0.15) is 19.9 Å². The summed E-state index contributed by atoms with van der Waals surface area (Å²) in [5.41, 5.74) is 1.17. The van der Waals surface area contributed by atoms with Crippen LogP contribution in [0.4, 0.5) is 4.39 Å². The number of fused-ring (bicyclic) bond motifs is 1. The number of nitrogens with zero attached hydrogens (tertiary/aromatic N) is 4. The van der Waals surface area contributed by atoms with E-state index in [4.69, 9.17) is 0 Å². The molecule has 102 valence electrons. The Morgan fingerprint density at radius 3 is 2.60 bits per heavy atom. The van der Waals surface area contributed by atoms with Crippen LogP contribution in [0.2, 0.25) is 0 Å². The van der Waals surface area contributed by atoms with Crippen molar-refractivity contribution in [1.82, 2.24) is 19.5 Å². The van der Waals surface area contributed by atoms with Gasteiger partial charge in [0.25, 0.3) is 0 Å². The van der Waals surface area contributed by atoms with Crippen LogP contribution in [0.5, 0.6) is 0 Å². The third-order valence-corrected chi connectivity index (χ3v) is 3.86. The quantitative estimate of drug-likeness (QED) is 0.544. The maximum Gasteiger partial charge on any atom is 0.311 e. The van der Waals surface area contributed by atoms with Crippen LogP contribution in [0, 0.1) is 6.08 Å². The molecule has 0 aliphatic carbocycles. The fourth-order valence-electron chi connectivity index (χ4n) is 1.91. The molecule has 0 amide bonds. The second-order valence-electron chi connectivity index (χ2n) is 4.63. The van der Waals surface area contributed by atoms with Crippen LogP contribution in [-0.4, -0.2) is 19.5 Å². The summed E-state index contributed by atoms with van der Waals surface area (Å²) in [6, 6.07) is 9.89. The fraction of sp³-hybridized carbons (Fsp3) is 0.214. The lowest BCUT2D eigenvalue weighted by atomic mass is 10.4. The lowest BCUT2D eigenvalue weighted by Crippen LogP contribution is -2.02. The van der Waals surface area contributed by atoms with E-state index in [2.05, 4.69) is 15.0 Å². The molecule has 3 aromatic rings. The van der Waals surface area contributed by atoms with Gasteiger partial charge in [-0.1, -0.05) is 30.0 Å². The molecule has 0 unspecified atom stereocenters. The molecule has 0 aliphatic heterocycles. The first-order chi connectivity index (χ1) is 9.65. The van der Waals surface area contributed by atoms with Crippen molar-refractivity contribution in [2.24, 2.45) is 0 Å². The van der Waals surface area contributed by atoms with Crippen LogP contribution < -0.4 is 0 Å². The molecule has 6 heteroatoms. The van der Waals surface area contributed by atoms with E-state index in [9.17, 15) is 4.39 Å². The zero-order valence-electron chi connectivity index (χ0n) is 11.1. The maximum atomic E-state index is 13.6. The highest BCUT2D eigenvalue weighted by Gasteiger charge is 2.15. The minimum atomic E-state index is -0.724. The topological polar surface area (TPSA) is 43.6 Å². The fourth-order valence-corrected chi connectivity index (χ4v) is 2.79. The molecule has 0 radical (unpaired) electrons. The van der Waals surface area contributed by atoms with Crippen LogP contribution in [-0.2, 0) is 0 Å². The minimum absolute atomic E-state index is 0.170. The number of aromatic nitrogens is 4. The van der Waals surface area contributed by atoms with Crippen LogP contribution in [0.25, 0.3) is 11.2 Å². The van der Waals surface area contributed by atoms with Gasteiger partial charge in [-0.25, -0.2) is 4.98 Å². The summed E-state index contributed by atoms with van der Waals surface area (Å²) >= 11 is 1.39. The molecule has 3 rings (SSSR count). The lowest BCUT2D eigenvalue weighted by Gasteiger charge is -2.07. The van der Waals surface area contributed by atoms with Crippen molar-refractivity contribution in [2.45, 2.75) is 29.8 Å². The molecule has 0 saturated carbocycles. The minimum Gasteiger partial charge on any atom is -0.313 e. The normalized spacial score (nSPS) is 11.4. The van der Waals surface area contributed by atoms with E-state index in [0.717, 1.165) is 4.90 Å². The summed E-state index contributed by atoms with van der Waals surface area (Å²) < 4.78 is 15.5. The average Bonchev–Trinajstić information content (AvgIpc) is 2.83. The summed E-state index contributed by atoms with van der Waals surface area (Å²) in [4.78, 5) is 13.1. The first kappa shape index (κ1) is 13.1. The summed E-state index contributed by atoms with van der Waals surface area (Å²) in [6.45, 7) is 4.01. The smallest absolute Gasteiger partial charge is 0.311 e. The van der Waals surface area contributed by atoms with Gasteiger partial charge in [-0.3, -0.25) is 0 Å². The molecule has 0 N–H and O–H groups in total. The predicted octanol–water partition coefficient (Wildman–Crippen LogP) is 3.70. The molecule has 0 aliphatic rings. The highest BCUT2D eigenvalue weighted by atomic mass is 32.2. The Hall–Kier alpha value is -1.95. The first-order valence-corrected chi connectivity index (χ1v) is 7.10.